The van der Waals surface area contributed by atoms with E-state index in [4.69, 9.17) is 0 Å². The first-order valence-electron chi connectivity index (χ1n) is 4.94. The Hall–Kier alpha value is -0.740. The fourth-order valence-electron chi connectivity index (χ4n) is 1.13. The second-order valence-corrected chi connectivity index (χ2v) is 4.52. The summed E-state index contributed by atoms with van der Waals surface area (Å²) >= 11 is 3.28. The zero-order valence-electron chi connectivity index (χ0n) is 8.96. The van der Waals surface area contributed by atoms with Crippen LogP contribution in [0.2, 0.25) is 0 Å². The first-order valence-corrected chi connectivity index (χ1v) is 5.73. The molecule has 4 heteroatoms. The van der Waals surface area contributed by atoms with Crippen LogP contribution in [0.5, 0.6) is 0 Å². The highest BCUT2D eigenvalue weighted by Crippen LogP contribution is 2.06. The predicted octanol–water partition coefficient (Wildman–Crippen LogP) is 1.95. The maximum atomic E-state index is 11.5. The summed E-state index contributed by atoms with van der Waals surface area (Å²) in [5.74, 6) is 0.161. The topological polar surface area (TPSA) is 42.0 Å². The molecule has 0 saturated heterocycles. The molecule has 82 valence electrons. The van der Waals surface area contributed by atoms with Gasteiger partial charge in [-0.1, -0.05) is 19.9 Å². The fraction of sp³-hybridized carbons (Fsp3) is 0.455. The Kier molecular flexibility index (Phi) is 4.91. The van der Waals surface area contributed by atoms with E-state index >= 15 is 0 Å². The van der Waals surface area contributed by atoms with E-state index in [-0.39, 0.29) is 5.78 Å². The van der Waals surface area contributed by atoms with Crippen molar-refractivity contribution in [3.63, 3.8) is 0 Å². The third-order valence-corrected chi connectivity index (χ3v) is 2.30. The van der Waals surface area contributed by atoms with Crippen molar-refractivity contribution in [2.45, 2.75) is 26.3 Å². The minimum absolute atomic E-state index is 0.161. The number of nitrogens with one attached hydrogen (secondary N) is 1. The van der Waals surface area contributed by atoms with Crippen molar-refractivity contribution in [3.05, 3.63) is 28.5 Å². The van der Waals surface area contributed by atoms with Crippen LogP contribution in [0.15, 0.2) is 22.8 Å². The van der Waals surface area contributed by atoms with E-state index in [2.05, 4.69) is 26.2 Å². The Morgan fingerprint density at radius 1 is 1.53 bits per heavy atom. The molecule has 1 aromatic rings. The minimum atomic E-state index is 0.161. The predicted molar refractivity (Wildman–Crippen MR) is 63.8 cm³/mol. The molecule has 1 heterocycles. The number of pyridine rings is 1. The van der Waals surface area contributed by atoms with E-state index in [1.54, 1.807) is 0 Å². The highest BCUT2D eigenvalue weighted by Gasteiger charge is 2.05. The smallest absolute Gasteiger partial charge is 0.152 e. The van der Waals surface area contributed by atoms with Gasteiger partial charge in [-0.25, -0.2) is 4.98 Å². The number of ketones is 1. The summed E-state index contributed by atoms with van der Waals surface area (Å²) in [4.78, 5) is 15.7. The number of Topliss-reactive ketones (excluding diaryl/α,β-unsaturated/α-hetero) is 1. The number of halogens is 1. The molecule has 0 aromatic carbocycles. The van der Waals surface area contributed by atoms with Crippen LogP contribution in [-0.2, 0) is 11.2 Å². The zero-order valence-corrected chi connectivity index (χ0v) is 10.5. The van der Waals surface area contributed by atoms with E-state index in [1.807, 2.05) is 32.0 Å². The van der Waals surface area contributed by atoms with Gasteiger partial charge in [0.1, 0.15) is 4.60 Å². The maximum Gasteiger partial charge on any atom is 0.152 e. The van der Waals surface area contributed by atoms with Crippen molar-refractivity contribution in [1.82, 2.24) is 10.3 Å². The second-order valence-electron chi connectivity index (χ2n) is 3.70. The molecule has 1 aromatic heterocycles. The minimum Gasteiger partial charge on any atom is -0.308 e. The van der Waals surface area contributed by atoms with E-state index in [0.717, 1.165) is 10.3 Å². The van der Waals surface area contributed by atoms with Crippen molar-refractivity contribution in [2.75, 3.05) is 6.54 Å². The molecular formula is C11H15BrN2O. The normalized spacial score (nSPS) is 10.7. The average Bonchev–Trinajstić information content (AvgIpc) is 2.15. The van der Waals surface area contributed by atoms with Gasteiger partial charge in [-0.3, -0.25) is 4.79 Å². The van der Waals surface area contributed by atoms with Crippen LogP contribution in [0.3, 0.4) is 0 Å². The third-order valence-electron chi connectivity index (χ3n) is 1.86. The first-order chi connectivity index (χ1) is 7.08. The third kappa shape index (κ3) is 5.04. The van der Waals surface area contributed by atoms with Gasteiger partial charge in [-0.2, -0.15) is 0 Å². The van der Waals surface area contributed by atoms with Crippen LogP contribution in [0.25, 0.3) is 0 Å². The molecule has 3 nitrogen and oxygen atoms in total. The lowest BCUT2D eigenvalue weighted by atomic mass is 10.2. The molecule has 0 radical (unpaired) electrons. The monoisotopic (exact) mass is 270 g/mol. The molecule has 15 heavy (non-hydrogen) atoms. The largest absolute Gasteiger partial charge is 0.308 e. The van der Waals surface area contributed by atoms with Gasteiger partial charge in [-0.05, 0) is 28.1 Å². The SMILES string of the molecule is CC(C)NCC(=O)Cc1cccc(Br)n1. The van der Waals surface area contributed by atoms with Crippen molar-refractivity contribution < 1.29 is 4.79 Å². The van der Waals surface area contributed by atoms with Crippen molar-refractivity contribution in [1.29, 1.82) is 0 Å². The summed E-state index contributed by atoms with van der Waals surface area (Å²) in [6.45, 7) is 4.45. The van der Waals surface area contributed by atoms with Gasteiger partial charge in [0, 0.05) is 11.7 Å². The number of hydrogen-bond acceptors (Lipinski definition) is 3. The summed E-state index contributed by atoms with van der Waals surface area (Å²) in [6.07, 6.45) is 0.388. The highest BCUT2D eigenvalue weighted by molar-refractivity contribution is 9.10. The van der Waals surface area contributed by atoms with Crippen LogP contribution < -0.4 is 5.32 Å². The molecule has 0 aliphatic rings. The number of rotatable bonds is 5. The number of aromatic nitrogens is 1. The molecule has 1 N–H and O–H groups in total. The van der Waals surface area contributed by atoms with Gasteiger partial charge in [0.15, 0.2) is 5.78 Å². The maximum absolute atomic E-state index is 11.5. The summed E-state index contributed by atoms with van der Waals surface area (Å²) in [7, 11) is 0. The number of carbonyl (C=O) groups is 1. The van der Waals surface area contributed by atoms with E-state index in [0.29, 0.717) is 19.0 Å². The van der Waals surface area contributed by atoms with E-state index < -0.39 is 0 Å². The summed E-state index contributed by atoms with van der Waals surface area (Å²) in [5, 5.41) is 3.09. The summed E-state index contributed by atoms with van der Waals surface area (Å²) in [6, 6.07) is 5.93. The van der Waals surface area contributed by atoms with Crippen molar-refractivity contribution in [3.8, 4) is 0 Å². The molecule has 0 unspecified atom stereocenters. The van der Waals surface area contributed by atoms with Crippen LogP contribution in [0.4, 0.5) is 0 Å². The molecule has 0 fully saturated rings. The quantitative estimate of drug-likeness (QED) is 0.832. The Morgan fingerprint density at radius 2 is 2.27 bits per heavy atom. The fourth-order valence-corrected chi connectivity index (χ4v) is 1.51. The molecule has 0 aliphatic carbocycles. The highest BCUT2D eigenvalue weighted by atomic mass is 79.9. The number of hydrogen-bond donors (Lipinski definition) is 1. The molecule has 0 saturated carbocycles. The van der Waals surface area contributed by atoms with E-state index in [1.165, 1.54) is 0 Å². The lowest BCUT2D eigenvalue weighted by Gasteiger charge is -2.06. The van der Waals surface area contributed by atoms with Gasteiger partial charge in [-0.15, -0.1) is 0 Å². The van der Waals surface area contributed by atoms with Gasteiger partial charge in [0.2, 0.25) is 0 Å². The molecule has 0 bridgehead atoms. The Labute approximate surface area is 98.4 Å². The van der Waals surface area contributed by atoms with Crippen LogP contribution in [0.1, 0.15) is 19.5 Å². The lowest BCUT2D eigenvalue weighted by molar-refractivity contribution is -0.117. The first kappa shape index (κ1) is 12.3. The van der Waals surface area contributed by atoms with Gasteiger partial charge >= 0.3 is 0 Å². The van der Waals surface area contributed by atoms with Gasteiger partial charge < -0.3 is 5.32 Å². The van der Waals surface area contributed by atoms with E-state index in [9.17, 15) is 4.79 Å². The Morgan fingerprint density at radius 3 is 2.87 bits per heavy atom. The van der Waals surface area contributed by atoms with Gasteiger partial charge in [0.25, 0.3) is 0 Å². The standard InChI is InChI=1S/C11H15BrN2O/c1-8(2)13-7-10(15)6-9-4-3-5-11(12)14-9/h3-5,8,13H,6-7H2,1-2H3. The Bertz CT molecular complexity index is 339. The van der Waals surface area contributed by atoms with Gasteiger partial charge in [0.05, 0.1) is 13.0 Å². The summed E-state index contributed by atoms with van der Waals surface area (Å²) < 4.78 is 0.768. The van der Waals surface area contributed by atoms with Crippen molar-refractivity contribution in [2.24, 2.45) is 0 Å². The molecule has 0 spiro atoms. The lowest BCUT2D eigenvalue weighted by Crippen LogP contribution is -2.30. The van der Waals surface area contributed by atoms with Crippen molar-refractivity contribution >= 4 is 21.7 Å². The van der Waals surface area contributed by atoms with Crippen LogP contribution in [0, 0.1) is 0 Å². The summed E-state index contributed by atoms with van der Waals surface area (Å²) in [5.41, 5.74) is 0.805. The van der Waals surface area contributed by atoms with Crippen LogP contribution >= 0.6 is 15.9 Å². The molecule has 0 aliphatic heterocycles. The molecule has 0 amide bonds. The molecule has 0 atom stereocenters. The molecule has 1 rings (SSSR count). The average molecular weight is 271 g/mol. The zero-order chi connectivity index (χ0) is 11.3. The Balaban J connectivity index is 2.44. The second kappa shape index (κ2) is 5.98. The van der Waals surface area contributed by atoms with Crippen LogP contribution in [-0.4, -0.2) is 23.4 Å². The number of carbonyl (C=O) groups excluding carboxylic acids is 1. The molecular weight excluding hydrogens is 256 g/mol. The number of nitrogens with zero attached hydrogens (tertiary/aromatic N) is 1.